The van der Waals surface area contributed by atoms with Crippen LogP contribution in [0.3, 0.4) is 0 Å². The van der Waals surface area contributed by atoms with Crippen LogP contribution in [-0.4, -0.2) is 11.0 Å². The van der Waals surface area contributed by atoms with Gasteiger partial charge in [0.25, 0.3) is 0 Å². The average molecular weight is 186 g/mol. The Bertz CT molecular complexity index is 289. The molecule has 0 radical (unpaired) electrons. The molecule has 0 spiro atoms. The molecule has 0 amide bonds. The van der Waals surface area contributed by atoms with Crippen molar-refractivity contribution < 1.29 is 8.78 Å². The van der Waals surface area contributed by atoms with Gasteiger partial charge in [0, 0.05) is 12.1 Å². The molecule has 0 aliphatic carbocycles. The number of hydrogen-bond acceptors (Lipinski definition) is 2. The second-order valence-electron chi connectivity index (χ2n) is 2.94. The highest BCUT2D eigenvalue weighted by Crippen LogP contribution is 2.12. The number of pyridine rings is 1. The number of nitrogens with one attached hydrogen (secondary N) is 1. The van der Waals surface area contributed by atoms with Crippen molar-refractivity contribution >= 4 is 5.82 Å². The zero-order valence-corrected chi connectivity index (χ0v) is 7.64. The summed E-state index contributed by atoms with van der Waals surface area (Å²) >= 11 is 0. The third kappa shape index (κ3) is 2.65. The monoisotopic (exact) mass is 186 g/mol. The van der Waals surface area contributed by atoms with Crippen molar-refractivity contribution in [3.63, 3.8) is 0 Å². The lowest BCUT2D eigenvalue weighted by Crippen LogP contribution is -2.15. The minimum atomic E-state index is -0.660. The first-order chi connectivity index (χ1) is 6.13. The number of anilines is 1. The van der Waals surface area contributed by atoms with Crippen LogP contribution in [0.2, 0.25) is 0 Å². The van der Waals surface area contributed by atoms with Crippen molar-refractivity contribution in [2.75, 3.05) is 5.32 Å². The third-order valence-electron chi connectivity index (χ3n) is 1.80. The van der Waals surface area contributed by atoms with E-state index in [1.165, 1.54) is 0 Å². The predicted octanol–water partition coefficient (Wildman–Crippen LogP) is 2.57. The van der Waals surface area contributed by atoms with Gasteiger partial charge in [-0.25, -0.2) is 13.8 Å². The summed E-state index contributed by atoms with van der Waals surface area (Å²) in [6.45, 7) is 3.88. The normalized spacial score (nSPS) is 12.6. The van der Waals surface area contributed by atoms with Gasteiger partial charge >= 0.3 is 0 Å². The molecule has 1 unspecified atom stereocenters. The molecule has 1 heterocycles. The summed E-state index contributed by atoms with van der Waals surface area (Å²) in [4.78, 5) is 3.60. The summed E-state index contributed by atoms with van der Waals surface area (Å²) in [5.41, 5.74) is 0. The minimum Gasteiger partial charge on any atom is -0.365 e. The Hall–Kier alpha value is -1.19. The Morgan fingerprint density at radius 1 is 1.54 bits per heavy atom. The molecular weight excluding hydrogens is 174 g/mol. The van der Waals surface area contributed by atoms with Crippen molar-refractivity contribution in [2.24, 2.45) is 0 Å². The molecule has 1 aromatic rings. The first kappa shape index (κ1) is 9.89. The van der Waals surface area contributed by atoms with Crippen LogP contribution in [0.25, 0.3) is 0 Å². The summed E-state index contributed by atoms with van der Waals surface area (Å²) in [7, 11) is 0. The summed E-state index contributed by atoms with van der Waals surface area (Å²) < 4.78 is 25.4. The molecule has 0 aliphatic rings. The highest BCUT2D eigenvalue weighted by molar-refractivity contribution is 5.36. The van der Waals surface area contributed by atoms with Crippen molar-refractivity contribution in [2.45, 2.75) is 26.3 Å². The molecule has 13 heavy (non-hydrogen) atoms. The Balaban J connectivity index is 2.77. The molecule has 0 fully saturated rings. The van der Waals surface area contributed by atoms with Crippen molar-refractivity contribution in [3.8, 4) is 0 Å². The third-order valence-corrected chi connectivity index (χ3v) is 1.80. The van der Waals surface area contributed by atoms with E-state index in [1.807, 2.05) is 13.8 Å². The van der Waals surface area contributed by atoms with E-state index < -0.39 is 11.6 Å². The molecule has 4 heteroatoms. The first-order valence-electron chi connectivity index (χ1n) is 4.21. The van der Waals surface area contributed by atoms with Gasteiger partial charge in [-0.1, -0.05) is 6.92 Å². The Kier molecular flexibility index (Phi) is 3.17. The number of nitrogens with zero attached hydrogens (tertiary/aromatic N) is 1. The van der Waals surface area contributed by atoms with Gasteiger partial charge in [-0.15, -0.1) is 0 Å². The van der Waals surface area contributed by atoms with Gasteiger partial charge in [-0.3, -0.25) is 0 Å². The van der Waals surface area contributed by atoms with Crippen LogP contribution in [0, 0.1) is 11.6 Å². The molecular formula is C9H12F2N2. The van der Waals surface area contributed by atoms with E-state index in [-0.39, 0.29) is 11.9 Å². The van der Waals surface area contributed by atoms with Crippen molar-refractivity contribution in [1.82, 2.24) is 4.98 Å². The molecule has 1 aromatic heterocycles. The van der Waals surface area contributed by atoms with Crippen LogP contribution in [0.15, 0.2) is 12.3 Å². The van der Waals surface area contributed by atoms with Crippen molar-refractivity contribution in [3.05, 3.63) is 23.9 Å². The zero-order valence-electron chi connectivity index (χ0n) is 7.64. The van der Waals surface area contributed by atoms with E-state index in [2.05, 4.69) is 10.3 Å². The van der Waals surface area contributed by atoms with Crippen molar-refractivity contribution in [1.29, 1.82) is 0 Å². The fourth-order valence-corrected chi connectivity index (χ4v) is 0.856. The fraction of sp³-hybridized carbons (Fsp3) is 0.444. The molecule has 1 rings (SSSR count). The Morgan fingerprint density at radius 2 is 2.23 bits per heavy atom. The lowest BCUT2D eigenvalue weighted by molar-refractivity contribution is 0.572. The molecule has 1 N–H and O–H groups in total. The molecule has 0 saturated carbocycles. The van der Waals surface area contributed by atoms with E-state index in [0.717, 1.165) is 18.7 Å². The topological polar surface area (TPSA) is 24.9 Å². The Labute approximate surface area is 76.0 Å². The van der Waals surface area contributed by atoms with Gasteiger partial charge in [-0.2, -0.15) is 0 Å². The fourth-order valence-electron chi connectivity index (χ4n) is 0.856. The molecule has 2 nitrogen and oxygen atoms in total. The highest BCUT2D eigenvalue weighted by Gasteiger charge is 2.06. The van der Waals surface area contributed by atoms with E-state index in [9.17, 15) is 8.78 Å². The van der Waals surface area contributed by atoms with Gasteiger partial charge in [0.2, 0.25) is 0 Å². The van der Waals surface area contributed by atoms with Crippen LogP contribution in [-0.2, 0) is 0 Å². The van der Waals surface area contributed by atoms with Gasteiger partial charge in [0.1, 0.15) is 5.82 Å². The quantitative estimate of drug-likeness (QED) is 0.784. The maximum atomic E-state index is 13.0. The number of aromatic nitrogens is 1. The smallest absolute Gasteiger partial charge is 0.168 e. The van der Waals surface area contributed by atoms with E-state index in [4.69, 9.17) is 0 Å². The van der Waals surface area contributed by atoms with Crippen LogP contribution in [0.1, 0.15) is 20.3 Å². The largest absolute Gasteiger partial charge is 0.365 e. The number of hydrogen-bond donors (Lipinski definition) is 1. The summed E-state index contributed by atoms with van der Waals surface area (Å²) in [5.74, 6) is -1.21. The van der Waals surface area contributed by atoms with E-state index in [1.54, 1.807) is 0 Å². The summed E-state index contributed by atoms with van der Waals surface area (Å²) in [6.07, 6.45) is 1.85. The first-order valence-corrected chi connectivity index (χ1v) is 4.21. The average Bonchev–Trinajstić information content (AvgIpc) is 2.09. The van der Waals surface area contributed by atoms with Gasteiger partial charge in [-0.05, 0) is 13.3 Å². The molecule has 72 valence electrons. The Morgan fingerprint density at radius 3 is 2.77 bits per heavy atom. The highest BCUT2D eigenvalue weighted by atomic mass is 19.1. The second kappa shape index (κ2) is 4.16. The molecule has 0 aliphatic heterocycles. The zero-order chi connectivity index (χ0) is 9.84. The lowest BCUT2D eigenvalue weighted by atomic mass is 10.2. The standard InChI is InChI=1S/C9H12F2N2/c1-3-6(2)13-9-8(11)4-7(10)5-12-9/h4-6H,3H2,1-2H3,(H,12,13). The molecule has 0 bridgehead atoms. The molecule has 0 aromatic carbocycles. The van der Waals surface area contributed by atoms with Gasteiger partial charge < -0.3 is 5.32 Å². The van der Waals surface area contributed by atoms with Gasteiger partial charge in [0.15, 0.2) is 11.6 Å². The lowest BCUT2D eigenvalue weighted by Gasteiger charge is -2.11. The van der Waals surface area contributed by atoms with Crippen LogP contribution >= 0.6 is 0 Å². The minimum absolute atomic E-state index is 0.107. The summed E-state index contributed by atoms with van der Waals surface area (Å²) in [6, 6.07) is 0.949. The maximum absolute atomic E-state index is 13.0. The van der Waals surface area contributed by atoms with Crippen LogP contribution in [0.4, 0.5) is 14.6 Å². The van der Waals surface area contributed by atoms with E-state index in [0.29, 0.717) is 0 Å². The number of rotatable bonds is 3. The molecule has 0 saturated heterocycles. The van der Waals surface area contributed by atoms with Gasteiger partial charge in [0.05, 0.1) is 6.20 Å². The van der Waals surface area contributed by atoms with Crippen LogP contribution < -0.4 is 5.32 Å². The predicted molar refractivity (Wildman–Crippen MR) is 47.5 cm³/mol. The summed E-state index contributed by atoms with van der Waals surface area (Å²) in [5, 5.41) is 2.83. The maximum Gasteiger partial charge on any atom is 0.168 e. The SMILES string of the molecule is CCC(C)Nc1ncc(F)cc1F. The molecule has 1 atom stereocenters. The second-order valence-corrected chi connectivity index (χ2v) is 2.94. The number of halogens is 2. The van der Waals surface area contributed by atoms with Crippen LogP contribution in [0.5, 0.6) is 0 Å². The van der Waals surface area contributed by atoms with E-state index >= 15 is 0 Å².